The van der Waals surface area contributed by atoms with Crippen molar-refractivity contribution in [2.24, 2.45) is 5.92 Å². The van der Waals surface area contributed by atoms with Crippen molar-refractivity contribution in [1.82, 2.24) is 9.80 Å². The lowest BCUT2D eigenvalue weighted by Gasteiger charge is -2.24. The molecular weight excluding hydrogens is 244 g/mol. The first-order valence-electron chi connectivity index (χ1n) is 6.57. The highest BCUT2D eigenvalue weighted by molar-refractivity contribution is 5.84. The highest BCUT2D eigenvalue weighted by Crippen LogP contribution is 2.12. The average molecular weight is 268 g/mol. The molecule has 108 valence electrons. The molecule has 0 saturated heterocycles. The van der Waals surface area contributed by atoms with Gasteiger partial charge >= 0.3 is 5.97 Å². The van der Waals surface area contributed by atoms with Crippen molar-refractivity contribution in [2.75, 3.05) is 33.7 Å². The van der Waals surface area contributed by atoms with E-state index in [1.54, 1.807) is 6.07 Å². The zero-order valence-electron chi connectivity index (χ0n) is 12.2. The largest absolute Gasteiger partial charge is 0.475 e. The molecular formula is C14H24N2O3. The number of likely N-dealkylation sites (N-methyl/N-ethyl adjacent to an activating group) is 1. The second-order valence-electron chi connectivity index (χ2n) is 5.50. The van der Waals surface area contributed by atoms with E-state index in [2.05, 4.69) is 23.6 Å². The minimum atomic E-state index is -1.02. The lowest BCUT2D eigenvalue weighted by atomic mass is 10.2. The van der Waals surface area contributed by atoms with Crippen molar-refractivity contribution in [2.45, 2.75) is 20.4 Å². The SMILES string of the molecule is CC(C)CN(CCN(C)C)Cc1ccc(C(=O)O)o1. The summed E-state index contributed by atoms with van der Waals surface area (Å²) in [7, 11) is 4.09. The molecule has 0 bridgehead atoms. The molecule has 5 nitrogen and oxygen atoms in total. The molecule has 1 aromatic heterocycles. The second kappa shape index (κ2) is 7.31. The summed E-state index contributed by atoms with van der Waals surface area (Å²) in [5, 5.41) is 8.84. The van der Waals surface area contributed by atoms with Gasteiger partial charge in [-0.05, 0) is 32.1 Å². The fourth-order valence-corrected chi connectivity index (χ4v) is 1.89. The predicted octanol–water partition coefficient (Wildman–Crippen LogP) is 2.00. The van der Waals surface area contributed by atoms with Gasteiger partial charge in [0.2, 0.25) is 5.76 Å². The Morgan fingerprint density at radius 2 is 2.00 bits per heavy atom. The number of hydrogen-bond donors (Lipinski definition) is 1. The highest BCUT2D eigenvalue weighted by atomic mass is 16.4. The van der Waals surface area contributed by atoms with Crippen molar-refractivity contribution in [1.29, 1.82) is 0 Å². The third kappa shape index (κ3) is 5.89. The maximum atomic E-state index is 10.8. The van der Waals surface area contributed by atoms with Gasteiger partial charge in [-0.1, -0.05) is 13.8 Å². The third-order valence-electron chi connectivity index (χ3n) is 2.74. The van der Waals surface area contributed by atoms with E-state index in [9.17, 15) is 4.79 Å². The van der Waals surface area contributed by atoms with Gasteiger partial charge in [0.1, 0.15) is 5.76 Å². The van der Waals surface area contributed by atoms with Crippen LogP contribution in [-0.4, -0.2) is 54.6 Å². The zero-order chi connectivity index (χ0) is 14.4. The number of furan rings is 1. The maximum Gasteiger partial charge on any atom is 0.371 e. The summed E-state index contributed by atoms with van der Waals surface area (Å²) < 4.78 is 5.31. The van der Waals surface area contributed by atoms with Gasteiger partial charge in [0.25, 0.3) is 0 Å². The standard InChI is InChI=1S/C14H24N2O3/c1-11(2)9-16(8-7-15(3)4)10-12-5-6-13(19-12)14(17)18/h5-6,11H,7-10H2,1-4H3,(H,17,18). The summed E-state index contributed by atoms with van der Waals surface area (Å²) in [5.74, 6) is 0.259. The molecule has 0 aliphatic rings. The maximum absolute atomic E-state index is 10.8. The Morgan fingerprint density at radius 1 is 1.32 bits per heavy atom. The first-order chi connectivity index (χ1) is 8.88. The molecule has 0 aliphatic heterocycles. The molecule has 0 amide bonds. The van der Waals surface area contributed by atoms with Crippen LogP contribution in [0.25, 0.3) is 0 Å². The first kappa shape index (κ1) is 15.7. The fourth-order valence-electron chi connectivity index (χ4n) is 1.89. The molecule has 5 heteroatoms. The van der Waals surface area contributed by atoms with E-state index < -0.39 is 5.97 Å². The van der Waals surface area contributed by atoms with Gasteiger partial charge in [-0.2, -0.15) is 0 Å². The molecule has 1 aromatic rings. The summed E-state index contributed by atoms with van der Waals surface area (Å²) in [4.78, 5) is 15.2. The fraction of sp³-hybridized carbons (Fsp3) is 0.643. The van der Waals surface area contributed by atoms with Crippen molar-refractivity contribution >= 4 is 5.97 Å². The van der Waals surface area contributed by atoms with E-state index in [1.807, 2.05) is 14.1 Å². The predicted molar refractivity (Wildman–Crippen MR) is 74.3 cm³/mol. The van der Waals surface area contributed by atoms with Gasteiger partial charge in [-0.15, -0.1) is 0 Å². The number of hydrogen-bond acceptors (Lipinski definition) is 4. The quantitative estimate of drug-likeness (QED) is 0.781. The monoisotopic (exact) mass is 268 g/mol. The number of aromatic carboxylic acids is 1. The van der Waals surface area contributed by atoms with Crippen LogP contribution in [-0.2, 0) is 6.54 Å². The van der Waals surface area contributed by atoms with Gasteiger partial charge in [-0.3, -0.25) is 4.90 Å². The van der Waals surface area contributed by atoms with E-state index in [0.29, 0.717) is 18.2 Å². The van der Waals surface area contributed by atoms with Crippen LogP contribution >= 0.6 is 0 Å². The summed E-state index contributed by atoms with van der Waals surface area (Å²) >= 11 is 0. The average Bonchev–Trinajstić information content (AvgIpc) is 2.73. The van der Waals surface area contributed by atoms with E-state index in [-0.39, 0.29) is 5.76 Å². The van der Waals surface area contributed by atoms with E-state index >= 15 is 0 Å². The van der Waals surface area contributed by atoms with Gasteiger partial charge in [0.05, 0.1) is 6.54 Å². The van der Waals surface area contributed by atoms with Crippen LogP contribution in [0, 0.1) is 5.92 Å². The smallest absolute Gasteiger partial charge is 0.371 e. The van der Waals surface area contributed by atoms with Crippen molar-refractivity contribution < 1.29 is 14.3 Å². The van der Waals surface area contributed by atoms with Crippen LogP contribution in [0.1, 0.15) is 30.2 Å². The summed E-state index contributed by atoms with van der Waals surface area (Å²) in [6, 6.07) is 3.25. The van der Waals surface area contributed by atoms with Crippen LogP contribution in [0.3, 0.4) is 0 Å². The number of carboxylic acid groups (broad SMARTS) is 1. The molecule has 0 aromatic carbocycles. The van der Waals surface area contributed by atoms with Gasteiger partial charge in [0.15, 0.2) is 0 Å². The van der Waals surface area contributed by atoms with Crippen LogP contribution in [0.2, 0.25) is 0 Å². The summed E-state index contributed by atoms with van der Waals surface area (Å²) in [5.41, 5.74) is 0. The number of rotatable bonds is 8. The zero-order valence-corrected chi connectivity index (χ0v) is 12.2. The number of carboxylic acids is 1. The minimum absolute atomic E-state index is 0.00658. The molecule has 0 unspecified atom stereocenters. The molecule has 1 heterocycles. The molecule has 0 spiro atoms. The number of carbonyl (C=O) groups is 1. The minimum Gasteiger partial charge on any atom is -0.475 e. The van der Waals surface area contributed by atoms with Crippen molar-refractivity contribution in [3.05, 3.63) is 23.7 Å². The van der Waals surface area contributed by atoms with Crippen LogP contribution < -0.4 is 0 Å². The molecule has 1 N–H and O–H groups in total. The molecule has 0 atom stereocenters. The topological polar surface area (TPSA) is 56.9 Å². The Labute approximate surface area is 114 Å². The number of nitrogens with zero attached hydrogens (tertiary/aromatic N) is 2. The normalized spacial score (nSPS) is 11.7. The Morgan fingerprint density at radius 3 is 2.47 bits per heavy atom. The van der Waals surface area contributed by atoms with Crippen LogP contribution in [0.15, 0.2) is 16.5 Å². The lowest BCUT2D eigenvalue weighted by molar-refractivity contribution is 0.0657. The molecule has 0 aliphatic carbocycles. The highest BCUT2D eigenvalue weighted by Gasteiger charge is 2.13. The van der Waals surface area contributed by atoms with Crippen LogP contribution in [0.4, 0.5) is 0 Å². The van der Waals surface area contributed by atoms with E-state index in [1.165, 1.54) is 6.07 Å². The molecule has 19 heavy (non-hydrogen) atoms. The lowest BCUT2D eigenvalue weighted by Crippen LogP contribution is -2.33. The van der Waals surface area contributed by atoms with E-state index in [4.69, 9.17) is 9.52 Å². The molecule has 1 rings (SSSR count). The van der Waals surface area contributed by atoms with E-state index in [0.717, 1.165) is 19.6 Å². The van der Waals surface area contributed by atoms with Crippen molar-refractivity contribution in [3.63, 3.8) is 0 Å². The molecule has 0 fully saturated rings. The van der Waals surface area contributed by atoms with Gasteiger partial charge in [-0.25, -0.2) is 4.79 Å². The Bertz CT molecular complexity index is 399. The van der Waals surface area contributed by atoms with Gasteiger partial charge in [0, 0.05) is 19.6 Å². The summed E-state index contributed by atoms with van der Waals surface area (Å²) in [6.07, 6.45) is 0. The van der Waals surface area contributed by atoms with Crippen LogP contribution in [0.5, 0.6) is 0 Å². The Hall–Kier alpha value is -1.33. The van der Waals surface area contributed by atoms with Gasteiger partial charge < -0.3 is 14.4 Å². The second-order valence-corrected chi connectivity index (χ2v) is 5.50. The van der Waals surface area contributed by atoms with Crippen molar-refractivity contribution in [3.8, 4) is 0 Å². The molecule has 0 radical (unpaired) electrons. The summed E-state index contributed by atoms with van der Waals surface area (Å²) in [6.45, 7) is 7.88. The Balaban J connectivity index is 2.61. The third-order valence-corrected chi connectivity index (χ3v) is 2.74. The first-order valence-corrected chi connectivity index (χ1v) is 6.57. The Kier molecular flexibility index (Phi) is 6.05. The molecule has 0 saturated carbocycles.